The van der Waals surface area contributed by atoms with Crippen LogP contribution < -0.4 is 0 Å². The highest BCUT2D eigenvalue weighted by molar-refractivity contribution is 8.01. The van der Waals surface area contributed by atoms with Gasteiger partial charge in [-0.15, -0.1) is 11.8 Å². The molecule has 124 valence electrons. The predicted molar refractivity (Wildman–Crippen MR) is 107 cm³/mol. The normalized spacial score (nSPS) is 13.6. The Morgan fingerprint density at radius 1 is 0.955 bits per heavy atom. The highest BCUT2D eigenvalue weighted by atomic mass is 32.2. The van der Waals surface area contributed by atoms with Crippen LogP contribution in [0.4, 0.5) is 0 Å². The lowest BCUT2D eigenvalue weighted by molar-refractivity contribution is 0.637. The van der Waals surface area contributed by atoms with Gasteiger partial charge in [0.1, 0.15) is 0 Å². The molecule has 0 heterocycles. The van der Waals surface area contributed by atoms with Crippen LogP contribution in [0.5, 0.6) is 0 Å². The van der Waals surface area contributed by atoms with Crippen LogP contribution in [0.3, 0.4) is 0 Å². The minimum absolute atomic E-state index is 0.770. The van der Waals surface area contributed by atoms with Gasteiger partial charge in [-0.3, -0.25) is 0 Å². The second-order valence-corrected chi connectivity index (χ2v) is 14.3. The van der Waals surface area contributed by atoms with Gasteiger partial charge in [-0.05, 0) is 31.4 Å². The Hall–Kier alpha value is -0.473. The molecule has 2 heteroatoms. The number of allylic oxidation sites excluding steroid dienone is 2. The van der Waals surface area contributed by atoms with Crippen LogP contribution in [0.15, 0.2) is 47.4 Å². The molecular weight excluding hydrogens is 300 g/mol. The van der Waals surface area contributed by atoms with Crippen LogP contribution in [0, 0.1) is 0 Å². The van der Waals surface area contributed by atoms with Crippen molar-refractivity contribution in [3.8, 4) is 0 Å². The largest absolute Gasteiger partial charge is 0.126 e. The molecule has 0 bridgehead atoms. The molecule has 1 unspecified atom stereocenters. The van der Waals surface area contributed by atoms with Crippen LogP contribution >= 0.6 is 11.8 Å². The van der Waals surface area contributed by atoms with Gasteiger partial charge >= 0.3 is 0 Å². The van der Waals surface area contributed by atoms with Crippen LogP contribution in [-0.2, 0) is 0 Å². The molecule has 0 nitrogen and oxygen atoms in total. The van der Waals surface area contributed by atoms with Gasteiger partial charge in [-0.1, -0.05) is 82.6 Å². The molecule has 1 atom stereocenters. The average molecular weight is 335 g/mol. The van der Waals surface area contributed by atoms with Gasteiger partial charge < -0.3 is 0 Å². The molecule has 0 N–H and O–H groups in total. The summed E-state index contributed by atoms with van der Waals surface area (Å²) in [4.78, 5) is 2.19. The molecule has 1 rings (SSSR count). The van der Waals surface area contributed by atoms with Crippen molar-refractivity contribution < 1.29 is 0 Å². The SMILES string of the molecule is CCCCCCC/C=C/CC(Sc1ccccc1)[Si](C)(C)C. The molecule has 0 aromatic heterocycles. The van der Waals surface area contributed by atoms with Gasteiger partial charge in [-0.25, -0.2) is 0 Å². The number of rotatable bonds is 11. The van der Waals surface area contributed by atoms with E-state index in [1.54, 1.807) is 0 Å². The van der Waals surface area contributed by atoms with Gasteiger partial charge in [0.05, 0.1) is 8.07 Å². The molecule has 0 saturated carbocycles. The third-order valence-corrected chi connectivity index (χ3v) is 9.64. The lowest BCUT2D eigenvalue weighted by Gasteiger charge is -2.27. The van der Waals surface area contributed by atoms with Crippen molar-refractivity contribution in [2.45, 2.75) is 81.3 Å². The average Bonchev–Trinajstić information content (AvgIpc) is 2.49. The van der Waals surface area contributed by atoms with E-state index in [0.29, 0.717) is 0 Å². The first-order valence-corrected chi connectivity index (χ1v) is 13.4. The van der Waals surface area contributed by atoms with Gasteiger partial charge in [-0.2, -0.15) is 0 Å². The van der Waals surface area contributed by atoms with Crippen LogP contribution in [-0.4, -0.2) is 12.9 Å². The second-order valence-electron chi connectivity index (χ2n) is 7.20. The van der Waals surface area contributed by atoms with Crippen molar-refractivity contribution in [2.24, 2.45) is 0 Å². The molecule has 0 saturated heterocycles. The summed E-state index contributed by atoms with van der Waals surface area (Å²) in [5, 5.41) is 0. The smallest absolute Gasteiger partial charge is 0.0595 e. The van der Waals surface area contributed by atoms with Crippen molar-refractivity contribution >= 4 is 19.8 Å². The van der Waals surface area contributed by atoms with E-state index in [1.165, 1.54) is 49.8 Å². The Balaban J connectivity index is 2.36. The summed E-state index contributed by atoms with van der Waals surface area (Å²) in [5.74, 6) is 0. The number of thioether (sulfide) groups is 1. The van der Waals surface area contributed by atoms with Crippen molar-refractivity contribution in [3.63, 3.8) is 0 Å². The van der Waals surface area contributed by atoms with E-state index in [2.05, 4.69) is 80.8 Å². The molecule has 0 aliphatic carbocycles. The van der Waals surface area contributed by atoms with Crippen molar-refractivity contribution in [2.75, 3.05) is 0 Å². The summed E-state index contributed by atoms with van der Waals surface area (Å²) < 4.78 is 0. The van der Waals surface area contributed by atoms with E-state index >= 15 is 0 Å². The molecule has 0 aliphatic heterocycles. The number of hydrogen-bond acceptors (Lipinski definition) is 1. The Morgan fingerprint density at radius 3 is 2.27 bits per heavy atom. The zero-order chi connectivity index (χ0) is 16.3. The monoisotopic (exact) mass is 334 g/mol. The van der Waals surface area contributed by atoms with E-state index < -0.39 is 8.07 Å². The fourth-order valence-electron chi connectivity index (χ4n) is 2.45. The van der Waals surface area contributed by atoms with Crippen molar-refractivity contribution in [1.29, 1.82) is 0 Å². The standard InChI is InChI=1S/C20H34SSi/c1-5-6-7-8-9-10-11-15-18-20(22(2,3)4)21-19-16-13-12-14-17-19/h11-17,20H,5-10,18H2,1-4H3/b15-11+. The molecule has 22 heavy (non-hydrogen) atoms. The predicted octanol–water partition coefficient (Wildman–Crippen LogP) is 7.33. The van der Waals surface area contributed by atoms with Crippen LogP contribution in [0.1, 0.15) is 51.9 Å². The lowest BCUT2D eigenvalue weighted by Crippen LogP contribution is -2.35. The third kappa shape index (κ3) is 8.85. The molecule has 1 aromatic carbocycles. The summed E-state index contributed by atoms with van der Waals surface area (Å²) >= 11 is 2.08. The summed E-state index contributed by atoms with van der Waals surface area (Å²) in [6.45, 7) is 9.76. The number of benzene rings is 1. The Bertz CT molecular complexity index is 405. The summed E-state index contributed by atoms with van der Waals surface area (Å²) in [7, 11) is -1.14. The maximum absolute atomic E-state index is 2.49. The van der Waals surface area contributed by atoms with Gasteiger partial charge in [0.2, 0.25) is 0 Å². The molecule has 0 fully saturated rings. The molecule has 0 amide bonds. The minimum Gasteiger partial charge on any atom is -0.126 e. The van der Waals surface area contributed by atoms with Crippen molar-refractivity contribution in [1.82, 2.24) is 0 Å². The molecule has 0 spiro atoms. The van der Waals surface area contributed by atoms with Gasteiger partial charge in [0.25, 0.3) is 0 Å². The van der Waals surface area contributed by atoms with Crippen molar-refractivity contribution in [3.05, 3.63) is 42.5 Å². The summed E-state index contributed by atoms with van der Waals surface area (Å²) in [5.41, 5.74) is 0. The highest BCUT2D eigenvalue weighted by Crippen LogP contribution is 2.32. The first kappa shape index (κ1) is 19.6. The minimum atomic E-state index is -1.14. The Kier molecular flexibility index (Phi) is 9.90. The third-order valence-electron chi connectivity index (χ3n) is 3.98. The zero-order valence-electron chi connectivity index (χ0n) is 15.0. The molecule has 1 aromatic rings. The van der Waals surface area contributed by atoms with E-state index in [4.69, 9.17) is 0 Å². The molecule has 0 aliphatic rings. The number of hydrogen-bond donors (Lipinski definition) is 0. The summed E-state index contributed by atoms with van der Waals surface area (Å²) in [6.07, 6.45) is 14.3. The summed E-state index contributed by atoms with van der Waals surface area (Å²) in [6, 6.07) is 10.9. The Morgan fingerprint density at radius 2 is 1.64 bits per heavy atom. The first-order chi connectivity index (χ1) is 10.5. The number of unbranched alkanes of at least 4 members (excludes halogenated alkanes) is 5. The maximum atomic E-state index is 2.49. The highest BCUT2D eigenvalue weighted by Gasteiger charge is 2.26. The van der Waals surface area contributed by atoms with E-state index in [0.717, 1.165) is 4.87 Å². The Labute approximate surface area is 143 Å². The molecular formula is C20H34SSi. The molecule has 0 radical (unpaired) electrons. The second kappa shape index (κ2) is 11.1. The fourth-order valence-corrected chi connectivity index (χ4v) is 5.96. The van der Waals surface area contributed by atoms with Gasteiger partial charge in [0.15, 0.2) is 0 Å². The van der Waals surface area contributed by atoms with Crippen LogP contribution in [0.25, 0.3) is 0 Å². The fraction of sp³-hybridized carbons (Fsp3) is 0.600. The van der Waals surface area contributed by atoms with E-state index in [9.17, 15) is 0 Å². The van der Waals surface area contributed by atoms with E-state index in [-0.39, 0.29) is 0 Å². The maximum Gasteiger partial charge on any atom is 0.0595 e. The van der Waals surface area contributed by atoms with Crippen LogP contribution in [0.2, 0.25) is 19.6 Å². The first-order valence-electron chi connectivity index (χ1n) is 8.90. The lowest BCUT2D eigenvalue weighted by atomic mass is 10.1. The van der Waals surface area contributed by atoms with Gasteiger partial charge in [0, 0.05) is 9.77 Å². The topological polar surface area (TPSA) is 0 Å². The quantitative estimate of drug-likeness (QED) is 0.177. The zero-order valence-corrected chi connectivity index (χ0v) is 16.8. The van der Waals surface area contributed by atoms with E-state index in [1.807, 2.05) is 0 Å².